The molecule has 0 atom stereocenters. The Bertz CT molecular complexity index is 508. The fraction of sp³-hybridized carbons (Fsp3) is 0.154. The molecule has 18 heavy (non-hydrogen) atoms. The van der Waals surface area contributed by atoms with Crippen LogP contribution in [0.5, 0.6) is 5.75 Å². The number of nitrogens with two attached hydrogens (primary N) is 1. The van der Waals surface area contributed by atoms with Crippen LogP contribution in [0.4, 0.5) is 4.39 Å². The highest BCUT2D eigenvalue weighted by atomic mass is 32.1. The summed E-state index contributed by atoms with van der Waals surface area (Å²) in [6.45, 7) is 0.331. The summed E-state index contributed by atoms with van der Waals surface area (Å²) in [5, 5.41) is 2.90. The molecule has 1 heterocycles. The van der Waals surface area contributed by atoms with E-state index in [-0.39, 0.29) is 13.2 Å². The zero-order chi connectivity index (χ0) is 12.8. The van der Waals surface area contributed by atoms with Gasteiger partial charge in [0.1, 0.15) is 17.4 Å². The summed E-state index contributed by atoms with van der Waals surface area (Å²) in [7, 11) is 0. The van der Waals surface area contributed by atoms with Gasteiger partial charge >= 0.3 is 0 Å². The van der Waals surface area contributed by atoms with Crippen molar-refractivity contribution < 1.29 is 9.13 Å². The molecule has 0 unspecified atom stereocenters. The highest BCUT2D eigenvalue weighted by molar-refractivity contribution is 7.13. The van der Waals surface area contributed by atoms with E-state index in [9.17, 15) is 4.39 Å². The Hall–Kier alpha value is -1.72. The van der Waals surface area contributed by atoms with Crippen molar-refractivity contribution in [2.24, 2.45) is 5.73 Å². The van der Waals surface area contributed by atoms with Crippen LogP contribution in [0.1, 0.15) is 0 Å². The zero-order valence-corrected chi connectivity index (χ0v) is 10.5. The highest BCUT2D eigenvalue weighted by Gasteiger charge is 2.01. The maximum Gasteiger partial charge on any atom is 0.123 e. The van der Waals surface area contributed by atoms with Crippen LogP contribution < -0.4 is 10.5 Å². The standard InChI is InChI=1S/C13H13FN2OS/c14-7-10(8-15)9-17-12-3-1-11(2-4-12)13-16-5-6-18-13/h1-7H,8-9,15H2/b10-7-. The van der Waals surface area contributed by atoms with Crippen LogP contribution >= 0.6 is 11.3 Å². The molecule has 1 aromatic carbocycles. The van der Waals surface area contributed by atoms with Crippen LogP contribution in [-0.4, -0.2) is 18.1 Å². The van der Waals surface area contributed by atoms with Gasteiger partial charge in [-0.1, -0.05) is 0 Å². The van der Waals surface area contributed by atoms with E-state index in [1.165, 1.54) is 0 Å². The average Bonchev–Trinajstić information content (AvgIpc) is 2.94. The molecule has 0 fully saturated rings. The topological polar surface area (TPSA) is 48.1 Å². The molecule has 0 saturated carbocycles. The molecule has 2 rings (SSSR count). The molecular weight excluding hydrogens is 251 g/mol. The number of nitrogens with zero attached hydrogens (tertiary/aromatic N) is 1. The van der Waals surface area contributed by atoms with Crippen LogP contribution in [0.15, 0.2) is 47.7 Å². The Labute approximate surface area is 109 Å². The third-order valence-corrected chi connectivity index (χ3v) is 3.20. The fourth-order valence-corrected chi connectivity index (χ4v) is 2.02. The Morgan fingerprint density at radius 1 is 1.39 bits per heavy atom. The van der Waals surface area contributed by atoms with Crippen molar-refractivity contribution in [1.82, 2.24) is 4.98 Å². The number of halogens is 1. The van der Waals surface area contributed by atoms with Gasteiger partial charge in [0.2, 0.25) is 0 Å². The number of rotatable bonds is 5. The van der Waals surface area contributed by atoms with Gasteiger partial charge in [0, 0.05) is 29.3 Å². The molecule has 5 heteroatoms. The van der Waals surface area contributed by atoms with Gasteiger partial charge in [0.25, 0.3) is 0 Å². The lowest BCUT2D eigenvalue weighted by molar-refractivity contribution is 0.347. The van der Waals surface area contributed by atoms with Gasteiger partial charge in [-0.15, -0.1) is 11.3 Å². The second-order valence-corrected chi connectivity index (χ2v) is 4.52. The predicted molar refractivity (Wildman–Crippen MR) is 71.3 cm³/mol. The molecule has 0 aliphatic carbocycles. The smallest absolute Gasteiger partial charge is 0.123 e. The Morgan fingerprint density at radius 3 is 2.72 bits per heavy atom. The number of aromatic nitrogens is 1. The number of ether oxygens (including phenoxy) is 1. The molecule has 0 bridgehead atoms. The van der Waals surface area contributed by atoms with Gasteiger partial charge in [-0.2, -0.15) is 0 Å². The average molecular weight is 264 g/mol. The van der Waals surface area contributed by atoms with Gasteiger partial charge in [-0.3, -0.25) is 0 Å². The molecule has 2 aromatic rings. The van der Waals surface area contributed by atoms with Gasteiger partial charge in [0.15, 0.2) is 0 Å². The first-order chi connectivity index (χ1) is 8.83. The number of hydrogen-bond acceptors (Lipinski definition) is 4. The largest absolute Gasteiger partial charge is 0.489 e. The lowest BCUT2D eigenvalue weighted by Gasteiger charge is -2.07. The lowest BCUT2D eigenvalue weighted by atomic mass is 10.2. The van der Waals surface area contributed by atoms with Crippen LogP contribution in [0.25, 0.3) is 10.6 Å². The molecule has 0 aliphatic rings. The fourth-order valence-electron chi connectivity index (χ4n) is 1.37. The molecular formula is C13H13FN2OS. The van der Waals surface area contributed by atoms with E-state index in [0.717, 1.165) is 10.6 Å². The van der Waals surface area contributed by atoms with Crippen LogP contribution in [0, 0.1) is 0 Å². The number of thiazole rings is 1. The molecule has 2 N–H and O–H groups in total. The quantitative estimate of drug-likeness (QED) is 0.903. The van der Waals surface area contributed by atoms with Crippen LogP contribution in [0.2, 0.25) is 0 Å². The Morgan fingerprint density at radius 2 is 2.17 bits per heavy atom. The number of benzene rings is 1. The summed E-state index contributed by atoms with van der Waals surface area (Å²) in [5.41, 5.74) is 6.81. The summed E-state index contributed by atoms with van der Waals surface area (Å²) >= 11 is 1.58. The molecule has 94 valence electrons. The molecule has 1 aromatic heterocycles. The van der Waals surface area contributed by atoms with Crippen LogP contribution in [-0.2, 0) is 0 Å². The molecule has 0 amide bonds. The van der Waals surface area contributed by atoms with E-state index in [4.69, 9.17) is 10.5 Å². The first-order valence-electron chi connectivity index (χ1n) is 5.44. The normalized spacial score (nSPS) is 11.6. The van der Waals surface area contributed by atoms with Crippen molar-refractivity contribution in [3.05, 3.63) is 47.7 Å². The minimum atomic E-state index is 0.160. The zero-order valence-electron chi connectivity index (χ0n) is 9.67. The van der Waals surface area contributed by atoms with E-state index >= 15 is 0 Å². The van der Waals surface area contributed by atoms with Crippen molar-refractivity contribution in [2.75, 3.05) is 13.2 Å². The number of hydrogen-bond donors (Lipinski definition) is 1. The van der Waals surface area contributed by atoms with Gasteiger partial charge in [0.05, 0.1) is 6.33 Å². The minimum absolute atomic E-state index is 0.160. The summed E-state index contributed by atoms with van der Waals surface area (Å²) in [5.74, 6) is 0.683. The summed E-state index contributed by atoms with van der Waals surface area (Å²) < 4.78 is 17.7. The Kier molecular flexibility index (Phi) is 4.44. The monoisotopic (exact) mass is 264 g/mol. The van der Waals surface area contributed by atoms with E-state index in [0.29, 0.717) is 17.7 Å². The van der Waals surface area contributed by atoms with Crippen molar-refractivity contribution in [2.45, 2.75) is 0 Å². The van der Waals surface area contributed by atoms with E-state index in [1.54, 1.807) is 17.5 Å². The maximum absolute atomic E-state index is 12.3. The maximum atomic E-state index is 12.3. The summed E-state index contributed by atoms with van der Waals surface area (Å²) in [6.07, 6.45) is 2.26. The second-order valence-electron chi connectivity index (χ2n) is 3.62. The van der Waals surface area contributed by atoms with Gasteiger partial charge in [-0.25, -0.2) is 9.37 Å². The van der Waals surface area contributed by atoms with E-state index in [2.05, 4.69) is 4.98 Å². The van der Waals surface area contributed by atoms with Gasteiger partial charge in [-0.05, 0) is 24.3 Å². The third kappa shape index (κ3) is 3.15. The first kappa shape index (κ1) is 12.7. The molecule has 3 nitrogen and oxygen atoms in total. The van der Waals surface area contributed by atoms with E-state index < -0.39 is 0 Å². The second kappa shape index (κ2) is 6.28. The molecule has 0 spiro atoms. The minimum Gasteiger partial charge on any atom is -0.489 e. The highest BCUT2D eigenvalue weighted by Crippen LogP contribution is 2.24. The van der Waals surface area contributed by atoms with Gasteiger partial charge < -0.3 is 10.5 Å². The summed E-state index contributed by atoms with van der Waals surface area (Å²) in [6, 6.07) is 7.52. The lowest BCUT2D eigenvalue weighted by Crippen LogP contribution is -2.10. The predicted octanol–water partition coefficient (Wildman–Crippen LogP) is 3.00. The van der Waals surface area contributed by atoms with Crippen molar-refractivity contribution >= 4 is 11.3 Å². The van der Waals surface area contributed by atoms with Crippen molar-refractivity contribution in [1.29, 1.82) is 0 Å². The Balaban J connectivity index is 2.00. The molecule has 0 radical (unpaired) electrons. The third-order valence-electron chi connectivity index (χ3n) is 2.37. The van der Waals surface area contributed by atoms with Crippen molar-refractivity contribution in [3.63, 3.8) is 0 Å². The van der Waals surface area contributed by atoms with Crippen molar-refractivity contribution in [3.8, 4) is 16.3 Å². The SMILES string of the molecule is NC/C(=C/F)COc1ccc(-c2nccs2)cc1. The molecule has 0 aliphatic heterocycles. The van der Waals surface area contributed by atoms with Crippen LogP contribution in [0.3, 0.4) is 0 Å². The summed E-state index contributed by atoms with van der Waals surface area (Å²) in [4.78, 5) is 4.22. The molecule has 0 saturated heterocycles. The first-order valence-corrected chi connectivity index (χ1v) is 6.32. The van der Waals surface area contributed by atoms with E-state index in [1.807, 2.05) is 29.6 Å².